The van der Waals surface area contributed by atoms with Crippen molar-refractivity contribution >= 4 is 17.4 Å². The predicted molar refractivity (Wildman–Crippen MR) is 130 cm³/mol. The van der Waals surface area contributed by atoms with E-state index in [-0.39, 0.29) is 11.7 Å². The second-order valence-electron chi connectivity index (χ2n) is 9.55. The Kier molecular flexibility index (Phi) is 6.11. The Balaban J connectivity index is 1.44. The van der Waals surface area contributed by atoms with Crippen LogP contribution in [0, 0.1) is 17.1 Å². The largest absolute Gasteiger partial charge is 0.493 e. The normalized spacial score (nSPS) is 16.9. The molecule has 0 N–H and O–H groups in total. The maximum Gasteiger partial charge on any atom is 0.183 e. The third-order valence-electron chi connectivity index (χ3n) is 7.00. The van der Waals surface area contributed by atoms with Crippen LogP contribution >= 0.6 is 11.6 Å². The summed E-state index contributed by atoms with van der Waals surface area (Å²) >= 11 is 6.35. The van der Waals surface area contributed by atoms with Crippen LogP contribution in [0.3, 0.4) is 0 Å². The van der Waals surface area contributed by atoms with E-state index in [1.165, 1.54) is 13.3 Å². The van der Waals surface area contributed by atoms with Gasteiger partial charge in [-0.1, -0.05) is 11.6 Å². The molecule has 3 aromatic rings. The van der Waals surface area contributed by atoms with Crippen molar-refractivity contribution < 1.29 is 9.13 Å². The van der Waals surface area contributed by atoms with Crippen LogP contribution in [0.1, 0.15) is 49.8 Å². The molecule has 0 atom stereocenters. The Hall–Kier alpha value is -3.22. The number of anilines is 1. The highest BCUT2D eigenvalue weighted by molar-refractivity contribution is 6.30. The number of methoxy groups -OCH3 is 1. The monoisotopic (exact) mass is 495 g/mol. The minimum Gasteiger partial charge on any atom is -0.493 e. The van der Waals surface area contributed by atoms with Crippen molar-refractivity contribution in [1.82, 2.24) is 24.6 Å². The summed E-state index contributed by atoms with van der Waals surface area (Å²) in [5.74, 6) is 2.37. The van der Waals surface area contributed by atoms with Crippen LogP contribution in [0.4, 0.5) is 10.2 Å². The van der Waals surface area contributed by atoms with E-state index in [2.05, 4.69) is 35.6 Å². The number of fused-ring (bicyclic) bond motifs is 3. The highest BCUT2D eigenvalue weighted by atomic mass is 35.5. The Labute approximate surface area is 208 Å². The molecule has 0 amide bonds. The van der Waals surface area contributed by atoms with Gasteiger partial charge in [-0.15, -0.1) is 10.2 Å². The second-order valence-corrected chi connectivity index (χ2v) is 9.98. The minimum atomic E-state index is -0.671. The summed E-state index contributed by atoms with van der Waals surface area (Å²) in [5.41, 5.74) is 1.38. The molecule has 1 saturated heterocycles. The van der Waals surface area contributed by atoms with E-state index in [1.807, 2.05) is 32.0 Å². The molecule has 2 aromatic heterocycles. The fraction of sp³-hybridized carbons (Fsp3) is 0.440. The first-order valence-electron chi connectivity index (χ1n) is 11.6. The lowest BCUT2D eigenvalue weighted by molar-refractivity contribution is 0.147. The van der Waals surface area contributed by atoms with Crippen molar-refractivity contribution in [1.29, 1.82) is 5.26 Å². The van der Waals surface area contributed by atoms with Gasteiger partial charge < -0.3 is 9.64 Å². The van der Waals surface area contributed by atoms with Crippen LogP contribution in [0.2, 0.25) is 5.02 Å². The summed E-state index contributed by atoms with van der Waals surface area (Å²) in [6, 6.07) is 9.92. The molecular formula is C25H27ClFN7O. The molecule has 4 heterocycles. The number of nitriles is 1. The van der Waals surface area contributed by atoms with Gasteiger partial charge >= 0.3 is 0 Å². The number of piperidine rings is 1. The van der Waals surface area contributed by atoms with Crippen LogP contribution in [0.5, 0.6) is 5.75 Å². The van der Waals surface area contributed by atoms with Gasteiger partial charge in [0.15, 0.2) is 17.4 Å². The van der Waals surface area contributed by atoms with Crippen LogP contribution in [0.15, 0.2) is 30.5 Å². The summed E-state index contributed by atoms with van der Waals surface area (Å²) in [7, 11) is 1.45. The van der Waals surface area contributed by atoms with Crippen molar-refractivity contribution in [2.75, 3.05) is 25.1 Å². The van der Waals surface area contributed by atoms with Gasteiger partial charge in [0.2, 0.25) is 0 Å². The molecule has 5 rings (SSSR count). The summed E-state index contributed by atoms with van der Waals surface area (Å²) < 4.78 is 21.1. The van der Waals surface area contributed by atoms with Crippen LogP contribution in [-0.2, 0) is 13.1 Å². The highest BCUT2D eigenvalue weighted by Gasteiger charge is 2.34. The molecule has 0 saturated carbocycles. The van der Waals surface area contributed by atoms with Gasteiger partial charge in [-0.2, -0.15) is 5.26 Å². The SMILES string of the molecule is COc1cc(N2CCC(c3nnc4n3-c3ccc(Cl)cc3CN(C(C)(C)C#N)C4)CC2)ncc1F. The first-order chi connectivity index (χ1) is 16.8. The van der Waals surface area contributed by atoms with Crippen molar-refractivity contribution in [2.45, 2.75) is 51.2 Å². The molecular weight excluding hydrogens is 469 g/mol. The fourth-order valence-corrected chi connectivity index (χ4v) is 5.06. The number of ether oxygens (including phenoxy) is 1. The van der Waals surface area contributed by atoms with Gasteiger partial charge in [0, 0.05) is 36.6 Å². The number of halogens is 2. The van der Waals surface area contributed by atoms with E-state index in [9.17, 15) is 9.65 Å². The van der Waals surface area contributed by atoms with Gasteiger partial charge in [0.05, 0.1) is 31.6 Å². The summed E-state index contributed by atoms with van der Waals surface area (Å²) in [6.07, 6.45) is 2.92. The zero-order valence-corrected chi connectivity index (χ0v) is 20.8. The van der Waals surface area contributed by atoms with E-state index in [4.69, 9.17) is 16.3 Å². The van der Waals surface area contributed by atoms with E-state index in [1.54, 1.807) is 6.07 Å². The van der Waals surface area contributed by atoms with Crippen molar-refractivity contribution in [2.24, 2.45) is 0 Å². The molecule has 1 aromatic carbocycles. The van der Waals surface area contributed by atoms with Gasteiger partial charge in [0.1, 0.15) is 17.2 Å². The zero-order chi connectivity index (χ0) is 24.7. The van der Waals surface area contributed by atoms with E-state index >= 15 is 0 Å². The first-order valence-corrected chi connectivity index (χ1v) is 12.0. The average molecular weight is 496 g/mol. The lowest BCUT2D eigenvalue weighted by Crippen LogP contribution is -2.41. The Morgan fingerprint density at radius 2 is 1.94 bits per heavy atom. The number of pyridine rings is 1. The Morgan fingerprint density at radius 3 is 2.66 bits per heavy atom. The maximum absolute atomic E-state index is 13.8. The number of benzene rings is 1. The van der Waals surface area contributed by atoms with Gasteiger partial charge in [-0.3, -0.25) is 9.47 Å². The lowest BCUT2D eigenvalue weighted by Gasteiger charge is -2.32. The van der Waals surface area contributed by atoms with E-state index in [0.717, 1.165) is 48.8 Å². The minimum absolute atomic E-state index is 0.194. The number of hydrogen-bond acceptors (Lipinski definition) is 7. The quantitative estimate of drug-likeness (QED) is 0.528. The first kappa shape index (κ1) is 23.5. The van der Waals surface area contributed by atoms with E-state index in [0.29, 0.717) is 23.9 Å². The van der Waals surface area contributed by atoms with Crippen molar-refractivity contribution in [3.63, 3.8) is 0 Å². The number of nitrogens with zero attached hydrogens (tertiary/aromatic N) is 7. The van der Waals surface area contributed by atoms with Gasteiger partial charge in [-0.05, 0) is 50.5 Å². The third-order valence-corrected chi connectivity index (χ3v) is 7.24. The summed E-state index contributed by atoms with van der Waals surface area (Å²) in [6.45, 7) is 6.45. The molecule has 0 bridgehead atoms. The molecule has 1 fully saturated rings. The topological polar surface area (TPSA) is 83.1 Å². The molecule has 0 radical (unpaired) electrons. The van der Waals surface area contributed by atoms with Gasteiger partial charge in [-0.25, -0.2) is 9.37 Å². The van der Waals surface area contributed by atoms with E-state index < -0.39 is 11.4 Å². The zero-order valence-electron chi connectivity index (χ0n) is 20.0. The summed E-state index contributed by atoms with van der Waals surface area (Å²) in [4.78, 5) is 8.50. The lowest BCUT2D eigenvalue weighted by atomic mass is 9.95. The number of aromatic nitrogens is 4. The second kappa shape index (κ2) is 9.10. The average Bonchev–Trinajstić information content (AvgIpc) is 3.20. The molecule has 2 aliphatic rings. The van der Waals surface area contributed by atoms with Crippen LogP contribution < -0.4 is 9.64 Å². The fourth-order valence-electron chi connectivity index (χ4n) is 4.86. The van der Waals surface area contributed by atoms with Crippen molar-refractivity contribution in [3.05, 3.63) is 58.5 Å². The molecule has 0 unspecified atom stereocenters. The molecule has 182 valence electrons. The molecule has 10 heteroatoms. The molecule has 0 spiro atoms. The third kappa shape index (κ3) is 4.32. The molecule has 0 aliphatic carbocycles. The standard InChI is InChI=1S/C25H27ClFN7O/c1-25(2,15-28)33-13-17-10-18(26)4-5-20(17)34-23(14-33)30-31-24(34)16-6-8-32(9-7-16)22-11-21(35-3)19(27)12-29-22/h4-5,10-12,16H,6-9,13-14H2,1-3H3. The molecule has 8 nitrogen and oxygen atoms in total. The Morgan fingerprint density at radius 1 is 1.17 bits per heavy atom. The van der Waals surface area contributed by atoms with Crippen LogP contribution in [0.25, 0.3) is 5.69 Å². The summed E-state index contributed by atoms with van der Waals surface area (Å²) in [5, 5.41) is 19.6. The predicted octanol–water partition coefficient (Wildman–Crippen LogP) is 4.47. The maximum atomic E-state index is 13.8. The van der Waals surface area contributed by atoms with Crippen molar-refractivity contribution in [3.8, 4) is 17.5 Å². The molecule has 35 heavy (non-hydrogen) atoms. The van der Waals surface area contributed by atoms with Crippen LogP contribution in [-0.4, -0.2) is 50.4 Å². The Bertz CT molecular complexity index is 1290. The molecule has 2 aliphatic heterocycles. The van der Waals surface area contributed by atoms with Gasteiger partial charge in [0.25, 0.3) is 0 Å². The highest BCUT2D eigenvalue weighted by Crippen LogP contribution is 2.36. The smallest absolute Gasteiger partial charge is 0.183 e. The number of hydrogen-bond donors (Lipinski definition) is 0. The number of rotatable bonds is 4.